The number of benzene rings is 2. The number of aromatic nitrogens is 2. The third-order valence-corrected chi connectivity index (χ3v) is 3.46. The number of aliphatic carboxylic acids is 1. The van der Waals surface area contributed by atoms with Crippen LogP contribution in [-0.2, 0) is 11.3 Å². The van der Waals surface area contributed by atoms with E-state index in [1.54, 1.807) is 0 Å². The highest BCUT2D eigenvalue weighted by Gasteiger charge is 2.12. The quantitative estimate of drug-likeness (QED) is 0.777. The maximum atomic E-state index is 10.7. The van der Waals surface area contributed by atoms with E-state index < -0.39 is 5.97 Å². The highest BCUT2D eigenvalue weighted by Crippen LogP contribution is 2.25. The van der Waals surface area contributed by atoms with Crippen molar-refractivity contribution >= 4 is 17.0 Å². The first-order valence-corrected chi connectivity index (χ1v) is 6.98. The van der Waals surface area contributed by atoms with Gasteiger partial charge in [0.15, 0.2) is 0 Å². The Morgan fingerprint density at radius 2 is 1.76 bits per heavy atom. The fourth-order valence-electron chi connectivity index (χ4n) is 2.50. The van der Waals surface area contributed by atoms with Crippen molar-refractivity contribution in [2.45, 2.75) is 19.4 Å². The van der Waals surface area contributed by atoms with E-state index in [0.29, 0.717) is 13.0 Å². The standard InChI is InChI=1S/C17H16N2O2/c20-16(21)11-6-12-19-15-10-5-4-9-14(15)18-17(19)13-7-2-1-3-8-13/h1-5,7-10H,6,11-12H2,(H,20,21). The summed E-state index contributed by atoms with van der Waals surface area (Å²) in [5.74, 6) is 0.128. The van der Waals surface area contributed by atoms with Gasteiger partial charge < -0.3 is 9.67 Å². The number of rotatable bonds is 5. The average molecular weight is 280 g/mol. The molecule has 0 unspecified atom stereocenters. The first-order valence-electron chi connectivity index (χ1n) is 6.98. The Morgan fingerprint density at radius 3 is 2.52 bits per heavy atom. The molecular weight excluding hydrogens is 264 g/mol. The first kappa shape index (κ1) is 13.4. The van der Waals surface area contributed by atoms with Gasteiger partial charge in [-0.2, -0.15) is 0 Å². The summed E-state index contributed by atoms with van der Waals surface area (Å²) in [6.45, 7) is 0.650. The summed E-state index contributed by atoms with van der Waals surface area (Å²) < 4.78 is 2.10. The van der Waals surface area contributed by atoms with Crippen LogP contribution in [0.15, 0.2) is 54.6 Å². The molecule has 1 heterocycles. The Kier molecular flexibility index (Phi) is 3.69. The molecule has 0 aliphatic rings. The third-order valence-electron chi connectivity index (χ3n) is 3.46. The normalized spacial score (nSPS) is 10.9. The molecule has 4 heteroatoms. The van der Waals surface area contributed by atoms with Gasteiger partial charge in [-0.3, -0.25) is 4.79 Å². The van der Waals surface area contributed by atoms with Crippen molar-refractivity contribution in [3.63, 3.8) is 0 Å². The van der Waals surface area contributed by atoms with Crippen LogP contribution in [0.2, 0.25) is 0 Å². The van der Waals surface area contributed by atoms with Crippen molar-refractivity contribution in [1.82, 2.24) is 9.55 Å². The molecule has 0 atom stereocenters. The molecule has 1 aromatic heterocycles. The second-order valence-corrected chi connectivity index (χ2v) is 4.94. The van der Waals surface area contributed by atoms with Crippen molar-refractivity contribution in [3.8, 4) is 11.4 Å². The maximum absolute atomic E-state index is 10.7. The molecule has 1 N–H and O–H groups in total. The number of nitrogens with zero attached hydrogens (tertiary/aromatic N) is 2. The van der Waals surface area contributed by atoms with E-state index in [2.05, 4.69) is 4.57 Å². The fourth-order valence-corrected chi connectivity index (χ4v) is 2.50. The molecule has 0 aliphatic carbocycles. The minimum absolute atomic E-state index is 0.167. The van der Waals surface area contributed by atoms with Crippen LogP contribution in [0, 0.1) is 0 Å². The second-order valence-electron chi connectivity index (χ2n) is 4.94. The first-order chi connectivity index (χ1) is 10.3. The van der Waals surface area contributed by atoms with Gasteiger partial charge in [0, 0.05) is 18.5 Å². The molecule has 3 aromatic rings. The van der Waals surface area contributed by atoms with E-state index >= 15 is 0 Å². The summed E-state index contributed by atoms with van der Waals surface area (Å²) in [6, 6.07) is 17.9. The van der Waals surface area contributed by atoms with E-state index in [4.69, 9.17) is 10.1 Å². The monoisotopic (exact) mass is 280 g/mol. The molecule has 106 valence electrons. The van der Waals surface area contributed by atoms with Crippen molar-refractivity contribution in [3.05, 3.63) is 54.6 Å². The summed E-state index contributed by atoms with van der Waals surface area (Å²) in [4.78, 5) is 15.4. The van der Waals surface area contributed by atoms with Crippen LogP contribution in [0.4, 0.5) is 0 Å². The Hall–Kier alpha value is -2.62. The number of hydrogen-bond acceptors (Lipinski definition) is 2. The van der Waals surface area contributed by atoms with Gasteiger partial charge in [-0.25, -0.2) is 4.98 Å². The molecule has 0 fully saturated rings. The molecule has 0 radical (unpaired) electrons. The zero-order chi connectivity index (χ0) is 14.7. The lowest BCUT2D eigenvalue weighted by Gasteiger charge is -2.08. The lowest BCUT2D eigenvalue weighted by Crippen LogP contribution is -2.03. The van der Waals surface area contributed by atoms with Crippen LogP contribution in [-0.4, -0.2) is 20.6 Å². The largest absolute Gasteiger partial charge is 0.481 e. The minimum Gasteiger partial charge on any atom is -0.481 e. The lowest BCUT2D eigenvalue weighted by molar-refractivity contribution is -0.137. The van der Waals surface area contributed by atoms with E-state index in [1.807, 2.05) is 54.6 Å². The number of carboxylic acid groups (broad SMARTS) is 1. The fraction of sp³-hybridized carbons (Fsp3) is 0.176. The molecule has 21 heavy (non-hydrogen) atoms. The van der Waals surface area contributed by atoms with Crippen LogP contribution in [0.25, 0.3) is 22.4 Å². The van der Waals surface area contributed by atoms with Gasteiger partial charge >= 0.3 is 5.97 Å². The van der Waals surface area contributed by atoms with Gasteiger partial charge in [-0.15, -0.1) is 0 Å². The predicted molar refractivity (Wildman–Crippen MR) is 82.0 cm³/mol. The number of imidazole rings is 1. The molecule has 0 spiro atoms. The second kappa shape index (κ2) is 5.79. The Morgan fingerprint density at radius 1 is 1.05 bits per heavy atom. The highest BCUT2D eigenvalue weighted by molar-refractivity contribution is 5.80. The maximum Gasteiger partial charge on any atom is 0.303 e. The predicted octanol–water partition coefficient (Wildman–Crippen LogP) is 3.57. The topological polar surface area (TPSA) is 55.1 Å². The number of aryl methyl sites for hydroxylation is 1. The van der Waals surface area contributed by atoms with Crippen LogP contribution in [0.1, 0.15) is 12.8 Å². The molecule has 0 aliphatic heterocycles. The number of carboxylic acids is 1. The van der Waals surface area contributed by atoms with Crippen molar-refractivity contribution in [1.29, 1.82) is 0 Å². The minimum atomic E-state index is -0.763. The third kappa shape index (κ3) is 2.79. The van der Waals surface area contributed by atoms with Gasteiger partial charge in [-0.05, 0) is 18.6 Å². The Balaban J connectivity index is 2.04. The Labute approximate surface area is 122 Å². The average Bonchev–Trinajstić information content (AvgIpc) is 2.87. The summed E-state index contributed by atoms with van der Waals surface area (Å²) in [5.41, 5.74) is 3.03. The number of hydrogen-bond donors (Lipinski definition) is 1. The van der Waals surface area contributed by atoms with Crippen LogP contribution >= 0.6 is 0 Å². The van der Waals surface area contributed by atoms with Crippen molar-refractivity contribution < 1.29 is 9.90 Å². The summed E-state index contributed by atoms with van der Waals surface area (Å²) in [6.07, 6.45) is 0.760. The van der Waals surface area contributed by atoms with Gasteiger partial charge in [-0.1, -0.05) is 42.5 Å². The van der Waals surface area contributed by atoms with E-state index in [9.17, 15) is 4.79 Å². The van der Waals surface area contributed by atoms with Gasteiger partial charge in [0.05, 0.1) is 11.0 Å². The SMILES string of the molecule is O=C(O)CCCn1c(-c2ccccc2)nc2ccccc21. The Bertz CT molecular complexity index is 763. The molecule has 2 aromatic carbocycles. The lowest BCUT2D eigenvalue weighted by atomic mass is 10.2. The van der Waals surface area contributed by atoms with Crippen molar-refractivity contribution in [2.75, 3.05) is 0 Å². The summed E-state index contributed by atoms with van der Waals surface area (Å²) in [7, 11) is 0. The van der Waals surface area contributed by atoms with Crippen LogP contribution in [0.3, 0.4) is 0 Å². The molecule has 3 rings (SSSR count). The van der Waals surface area contributed by atoms with E-state index in [1.165, 1.54) is 0 Å². The molecule has 0 saturated heterocycles. The van der Waals surface area contributed by atoms with Gasteiger partial charge in [0.2, 0.25) is 0 Å². The highest BCUT2D eigenvalue weighted by atomic mass is 16.4. The number of para-hydroxylation sites is 2. The van der Waals surface area contributed by atoms with Crippen LogP contribution < -0.4 is 0 Å². The zero-order valence-corrected chi connectivity index (χ0v) is 11.6. The van der Waals surface area contributed by atoms with E-state index in [-0.39, 0.29) is 6.42 Å². The molecule has 0 amide bonds. The van der Waals surface area contributed by atoms with E-state index in [0.717, 1.165) is 22.4 Å². The van der Waals surface area contributed by atoms with Crippen molar-refractivity contribution in [2.24, 2.45) is 0 Å². The molecule has 0 saturated carbocycles. The van der Waals surface area contributed by atoms with Gasteiger partial charge in [0.1, 0.15) is 5.82 Å². The van der Waals surface area contributed by atoms with Crippen LogP contribution in [0.5, 0.6) is 0 Å². The molecule has 4 nitrogen and oxygen atoms in total. The number of carbonyl (C=O) groups is 1. The smallest absolute Gasteiger partial charge is 0.303 e. The summed E-state index contributed by atoms with van der Waals surface area (Å²) >= 11 is 0. The van der Waals surface area contributed by atoms with Gasteiger partial charge in [0.25, 0.3) is 0 Å². The molecule has 0 bridgehead atoms. The number of fused-ring (bicyclic) bond motifs is 1. The summed E-state index contributed by atoms with van der Waals surface area (Å²) in [5, 5.41) is 8.82. The molecular formula is C17H16N2O2. The zero-order valence-electron chi connectivity index (χ0n) is 11.6.